The van der Waals surface area contributed by atoms with Gasteiger partial charge >= 0.3 is 11.9 Å². The van der Waals surface area contributed by atoms with Crippen LogP contribution in [0.1, 0.15) is 107 Å². The third-order valence-electron chi connectivity index (χ3n) is 17.5. The molecule has 1 aromatic carbocycles. The molecule has 92 heavy (non-hydrogen) atoms. The zero-order valence-electron chi connectivity index (χ0n) is 54.1. The Labute approximate surface area is 529 Å². The first-order valence-electron chi connectivity index (χ1n) is 30.2. The van der Waals surface area contributed by atoms with Gasteiger partial charge in [-0.2, -0.15) is 0 Å². The number of Topliss-reactive ketones (excluding diaryl/α,β-unsaturated/α-hetero) is 1. The number of nitrogens with zero attached hydrogens (tertiary/aromatic N) is 7. The number of ketones is 1. The average Bonchev–Trinajstić information content (AvgIpc) is 0.930. The topological polar surface area (TPSA) is 418 Å². The molecular formula is C61H82N12O19. The number of aryl methyl sites for hydroxylation is 1. The lowest BCUT2D eigenvalue weighted by Gasteiger charge is -2.37. The SMILES string of the molecule is Cc1c2oc3c(C)ccc(C(=O)NC4C(=O)NC(C(C)C)C(=O)N5C(C)CC(O)C5C(=O)N(C)CC(=O)N(C)C(C(C)C)C(=O)OC4C)c3nc-2c(C(=O)OCC(O)C2NC(=O)C(C)N(C)C(=O)CN(C)C(=O)C3CC(=O)CN3C(=O)C(C(C)C)NC2=O)c(N)c1=O. The Hall–Kier alpha value is -9.13. The van der Waals surface area contributed by atoms with Crippen LogP contribution < -0.4 is 32.4 Å². The van der Waals surface area contributed by atoms with E-state index in [0.29, 0.717) is 5.56 Å². The molecule has 5 aliphatic heterocycles. The molecule has 4 saturated heterocycles. The van der Waals surface area contributed by atoms with Crippen LogP contribution in [-0.4, -0.2) is 249 Å². The molecule has 1 aromatic rings. The number of nitrogens with two attached hydrogens (primary N) is 1. The number of amides is 10. The fourth-order valence-corrected chi connectivity index (χ4v) is 11.8. The summed E-state index contributed by atoms with van der Waals surface area (Å²) in [6, 6.07) is -10.3. The highest BCUT2D eigenvalue weighted by Crippen LogP contribution is 2.36. The third-order valence-corrected chi connectivity index (χ3v) is 17.5. The molecule has 1 aliphatic carbocycles. The van der Waals surface area contributed by atoms with Crippen LogP contribution in [0.4, 0.5) is 5.69 Å². The maximum Gasteiger partial charge on any atom is 0.342 e. The molecule has 31 nitrogen and oxygen atoms in total. The van der Waals surface area contributed by atoms with Crippen molar-refractivity contribution in [2.24, 2.45) is 17.8 Å². The van der Waals surface area contributed by atoms with E-state index in [4.69, 9.17) is 19.6 Å². The number of aliphatic hydroxyl groups is 2. The lowest BCUT2D eigenvalue weighted by atomic mass is 9.99. The van der Waals surface area contributed by atoms with Gasteiger partial charge in [-0.25, -0.2) is 14.6 Å². The van der Waals surface area contributed by atoms with Crippen molar-refractivity contribution >= 4 is 93.6 Å². The first-order valence-corrected chi connectivity index (χ1v) is 30.2. The first-order chi connectivity index (χ1) is 42.9. The number of hydrogen-bond donors (Lipinski definition) is 7. The molecule has 0 saturated carbocycles. The van der Waals surface area contributed by atoms with Crippen molar-refractivity contribution in [2.75, 3.05) is 60.2 Å². The van der Waals surface area contributed by atoms with E-state index in [9.17, 15) is 77.3 Å². The van der Waals surface area contributed by atoms with Gasteiger partial charge in [-0.1, -0.05) is 47.6 Å². The molecule has 0 spiro atoms. The van der Waals surface area contributed by atoms with Crippen molar-refractivity contribution in [3.8, 4) is 11.5 Å². The molecule has 500 valence electrons. The predicted molar refractivity (Wildman–Crippen MR) is 324 cm³/mol. The number of anilines is 1. The smallest absolute Gasteiger partial charge is 0.342 e. The highest BCUT2D eigenvalue weighted by atomic mass is 16.6. The Bertz CT molecular complexity index is 3550. The predicted octanol–water partition coefficient (Wildman–Crippen LogP) is -2.40. The number of carbonyl (C=O) groups excluding carboxylic acids is 13. The number of hydrogen-bond acceptors (Lipinski definition) is 21. The second-order valence-corrected chi connectivity index (χ2v) is 25.3. The molecule has 0 aromatic heterocycles. The summed E-state index contributed by atoms with van der Waals surface area (Å²) in [7, 11) is 5.16. The Morgan fingerprint density at radius 3 is 1.93 bits per heavy atom. The number of likely N-dealkylation sites (N-methyl/N-ethyl adjacent to an activating group) is 4. The summed E-state index contributed by atoms with van der Waals surface area (Å²) in [4.78, 5) is 208. The van der Waals surface area contributed by atoms with Crippen LogP contribution >= 0.6 is 0 Å². The number of carbonyl (C=O) groups is 13. The quantitative estimate of drug-likeness (QED) is 0.0667. The maximum absolute atomic E-state index is 15.0. The van der Waals surface area contributed by atoms with Gasteiger partial charge in [0.05, 0.1) is 37.0 Å². The molecule has 12 unspecified atom stereocenters. The van der Waals surface area contributed by atoms with E-state index in [2.05, 4.69) is 26.3 Å². The summed E-state index contributed by atoms with van der Waals surface area (Å²) >= 11 is 0. The molecule has 4 fully saturated rings. The number of ether oxygens (including phenoxy) is 2. The minimum absolute atomic E-state index is 0.0295. The largest absolute Gasteiger partial charge is 0.459 e. The second kappa shape index (κ2) is 27.8. The Balaban J connectivity index is 1.26. The van der Waals surface area contributed by atoms with E-state index in [1.165, 1.54) is 61.1 Å². The minimum atomic E-state index is -2.18. The molecule has 0 bridgehead atoms. The highest BCUT2D eigenvalue weighted by Gasteiger charge is 2.50. The van der Waals surface area contributed by atoms with Gasteiger partial charge in [0, 0.05) is 46.2 Å². The molecule has 10 amide bonds. The zero-order valence-corrected chi connectivity index (χ0v) is 54.1. The van der Waals surface area contributed by atoms with Gasteiger partial charge < -0.3 is 80.5 Å². The molecule has 0 radical (unpaired) electrons. The Morgan fingerprint density at radius 1 is 0.750 bits per heavy atom. The van der Waals surface area contributed by atoms with Crippen LogP contribution in [0.3, 0.4) is 0 Å². The summed E-state index contributed by atoms with van der Waals surface area (Å²) in [5.41, 5.74) is 2.84. The van der Waals surface area contributed by atoms with Crippen molar-refractivity contribution < 1.29 is 86.4 Å². The molecule has 31 heteroatoms. The molecule has 8 N–H and O–H groups in total. The van der Waals surface area contributed by atoms with Gasteiger partial charge in [-0.05, 0) is 70.4 Å². The van der Waals surface area contributed by atoms with Crippen molar-refractivity contribution in [2.45, 2.75) is 162 Å². The number of cyclic esters (lactones) is 1. The molecule has 6 aliphatic rings. The minimum Gasteiger partial charge on any atom is -0.459 e. The Kier molecular flexibility index (Phi) is 21.2. The number of nitrogen functional groups attached to an aromatic ring is 1. The van der Waals surface area contributed by atoms with E-state index in [0.717, 1.165) is 29.4 Å². The highest BCUT2D eigenvalue weighted by molar-refractivity contribution is 6.09. The third kappa shape index (κ3) is 13.9. The number of rotatable bonds is 9. The van der Waals surface area contributed by atoms with Gasteiger partial charge in [0.2, 0.25) is 58.6 Å². The van der Waals surface area contributed by atoms with E-state index in [1.807, 2.05) is 0 Å². The van der Waals surface area contributed by atoms with E-state index in [1.54, 1.807) is 55.4 Å². The number of aromatic nitrogens is 1. The summed E-state index contributed by atoms with van der Waals surface area (Å²) < 4.78 is 17.8. The summed E-state index contributed by atoms with van der Waals surface area (Å²) in [5.74, 6) is -14.3. The van der Waals surface area contributed by atoms with E-state index < -0.39 is 216 Å². The van der Waals surface area contributed by atoms with Gasteiger partial charge in [0.15, 0.2) is 17.1 Å². The average molecular weight is 1290 g/mol. The van der Waals surface area contributed by atoms with Gasteiger partial charge in [-0.3, -0.25) is 57.5 Å². The van der Waals surface area contributed by atoms with Crippen LogP contribution in [0.15, 0.2) is 21.3 Å². The zero-order chi connectivity index (χ0) is 68.7. The van der Waals surface area contributed by atoms with Crippen molar-refractivity contribution in [1.82, 2.24) is 55.7 Å². The van der Waals surface area contributed by atoms with Gasteiger partial charge in [0.1, 0.15) is 83.9 Å². The molecule has 5 heterocycles. The van der Waals surface area contributed by atoms with Crippen LogP contribution in [0.5, 0.6) is 0 Å². The second-order valence-electron chi connectivity index (χ2n) is 25.3. The number of aliphatic hydroxyl groups excluding tert-OH is 2. The lowest BCUT2D eigenvalue weighted by Crippen LogP contribution is -2.62. The summed E-state index contributed by atoms with van der Waals surface area (Å²) in [6.07, 6.45) is -5.53. The Morgan fingerprint density at radius 2 is 1.33 bits per heavy atom. The number of benzene rings is 2. The van der Waals surface area contributed by atoms with Crippen molar-refractivity contribution in [3.05, 3.63) is 44.6 Å². The number of nitrogens with one attached hydrogen (secondary N) is 4. The van der Waals surface area contributed by atoms with Crippen molar-refractivity contribution in [3.63, 3.8) is 0 Å². The molecular weight excluding hydrogens is 1200 g/mol. The van der Waals surface area contributed by atoms with Crippen LogP contribution in [-0.2, 0) is 62.2 Å². The standard InChI is InChI=1S/C61H82N12O19/c1-24(2)41-57(85)72-20-32(74)19-34(72)56(84)68(12)21-37(77)70(14)30(10)52(80)67-45(55(83)64-41)36(76)23-90-60(88)39-40(62)49(79)29(9)51-46(39)63-44-33(17-16-27(7)50(44)92-51)53(81)66-43-31(11)91-61(89)47(26(5)6)71(15)38(78)22-69(13)59(87)48-35(75)18-28(8)73(48)58(86)42(25(3)4)65-54(43)82/h16-17,24-26,28,30-31,34-36,41-43,45,47-48,75-76H,18-23,62H2,1-15H3,(H,64,83)(H,65,82)(H,66,81)(H,67,80). The van der Waals surface area contributed by atoms with Gasteiger partial charge in [0.25, 0.3) is 5.91 Å². The normalized spacial score (nSPS) is 26.9. The fraction of sp³-hybridized carbons (Fsp3) is 0.590. The first kappa shape index (κ1) is 70.3. The lowest BCUT2D eigenvalue weighted by molar-refractivity contribution is -0.163. The van der Waals surface area contributed by atoms with Crippen LogP contribution in [0.2, 0.25) is 0 Å². The summed E-state index contributed by atoms with van der Waals surface area (Å²) in [5, 5.41) is 33.2. The summed E-state index contributed by atoms with van der Waals surface area (Å²) in [6.45, 7) is 13.8. The number of fused-ring (bicyclic) bond motifs is 4. The van der Waals surface area contributed by atoms with E-state index in [-0.39, 0.29) is 40.8 Å². The van der Waals surface area contributed by atoms with E-state index >= 15 is 0 Å². The molecule has 7 rings (SSSR count). The number of esters is 2. The van der Waals surface area contributed by atoms with Crippen molar-refractivity contribution in [1.29, 1.82) is 0 Å². The van der Waals surface area contributed by atoms with Gasteiger partial charge in [-0.15, -0.1) is 0 Å². The van der Waals surface area contributed by atoms with Crippen LogP contribution in [0, 0.1) is 31.6 Å². The monoisotopic (exact) mass is 1290 g/mol. The van der Waals surface area contributed by atoms with Crippen LogP contribution in [0.25, 0.3) is 22.6 Å². The maximum atomic E-state index is 15.0. The molecule has 12 atom stereocenters. The fourth-order valence-electron chi connectivity index (χ4n) is 11.8.